The minimum Gasteiger partial charge on any atom is -0.490 e. The highest BCUT2D eigenvalue weighted by Crippen LogP contribution is 2.31. The zero-order chi connectivity index (χ0) is 18.1. The predicted molar refractivity (Wildman–Crippen MR) is 98.7 cm³/mol. The number of carbonyl (C=O) groups is 1. The third kappa shape index (κ3) is 3.20. The fraction of sp³-hybridized carbons (Fsp3) is 0.238. The van der Waals surface area contributed by atoms with Crippen molar-refractivity contribution in [3.05, 3.63) is 65.9 Å². The van der Waals surface area contributed by atoms with Gasteiger partial charge in [-0.3, -0.25) is 0 Å². The Hall–Kier alpha value is -3.08. The van der Waals surface area contributed by atoms with Gasteiger partial charge in [-0.05, 0) is 49.6 Å². The van der Waals surface area contributed by atoms with Crippen molar-refractivity contribution < 1.29 is 14.3 Å². The number of methoxy groups -OCH3 is 1. The summed E-state index contributed by atoms with van der Waals surface area (Å²) < 4.78 is 12.6. The summed E-state index contributed by atoms with van der Waals surface area (Å²) in [5, 5.41) is 4.49. The molecular weight excluding hydrogens is 328 g/mol. The predicted octanol–water partition coefficient (Wildman–Crippen LogP) is 4.18. The van der Waals surface area contributed by atoms with Crippen LogP contribution in [0.4, 0.5) is 0 Å². The first kappa shape index (κ1) is 16.4. The molecule has 1 aromatic heterocycles. The summed E-state index contributed by atoms with van der Waals surface area (Å²) in [5.74, 6) is 0.381. The van der Waals surface area contributed by atoms with Gasteiger partial charge in [-0.15, -0.1) is 0 Å². The maximum absolute atomic E-state index is 12.0. The van der Waals surface area contributed by atoms with E-state index in [-0.39, 0.29) is 5.69 Å². The second-order valence-electron chi connectivity index (χ2n) is 6.45. The van der Waals surface area contributed by atoms with Crippen LogP contribution in [0, 0.1) is 6.92 Å². The first-order chi connectivity index (χ1) is 12.7. The number of benzene rings is 2. The third-order valence-electron chi connectivity index (χ3n) is 4.40. The SMILES string of the molecule is COC(=O)c1cc(-c2cccc(OC3CC3)c2)n(-c2ccccc2C)n1. The third-order valence-corrected chi connectivity index (χ3v) is 4.40. The molecule has 132 valence electrons. The van der Waals surface area contributed by atoms with Gasteiger partial charge < -0.3 is 9.47 Å². The second-order valence-corrected chi connectivity index (χ2v) is 6.45. The summed E-state index contributed by atoms with van der Waals surface area (Å²) in [7, 11) is 1.36. The Bertz CT molecular complexity index is 957. The van der Waals surface area contributed by atoms with Crippen LogP contribution in [-0.2, 0) is 4.74 Å². The van der Waals surface area contributed by atoms with E-state index in [0.29, 0.717) is 6.10 Å². The standard InChI is InChI=1S/C21H20N2O3/c1-14-6-3-4-9-19(14)23-20(13-18(22-23)21(24)25-2)15-7-5-8-17(12-15)26-16-10-11-16/h3-9,12-13,16H,10-11H2,1-2H3. The van der Waals surface area contributed by atoms with Gasteiger partial charge in [0.15, 0.2) is 5.69 Å². The molecule has 0 unspecified atom stereocenters. The quantitative estimate of drug-likeness (QED) is 0.649. The summed E-state index contributed by atoms with van der Waals surface area (Å²) in [4.78, 5) is 12.0. The average molecular weight is 348 g/mol. The molecule has 1 aliphatic carbocycles. The van der Waals surface area contributed by atoms with Crippen LogP contribution in [0.5, 0.6) is 5.75 Å². The molecule has 0 N–H and O–H groups in total. The molecule has 0 bridgehead atoms. The first-order valence-electron chi connectivity index (χ1n) is 8.67. The lowest BCUT2D eigenvalue weighted by Crippen LogP contribution is -2.05. The molecule has 0 aliphatic heterocycles. The molecule has 0 atom stereocenters. The van der Waals surface area contributed by atoms with Crippen LogP contribution in [0.2, 0.25) is 0 Å². The zero-order valence-electron chi connectivity index (χ0n) is 14.8. The van der Waals surface area contributed by atoms with Crippen molar-refractivity contribution in [3.8, 4) is 22.7 Å². The molecule has 2 aromatic carbocycles. The van der Waals surface area contributed by atoms with E-state index in [0.717, 1.165) is 41.1 Å². The van der Waals surface area contributed by atoms with Gasteiger partial charge in [0.05, 0.1) is 24.6 Å². The van der Waals surface area contributed by atoms with Crippen molar-refractivity contribution >= 4 is 5.97 Å². The van der Waals surface area contributed by atoms with Gasteiger partial charge in [0, 0.05) is 5.56 Å². The maximum Gasteiger partial charge on any atom is 0.358 e. The molecule has 0 saturated heterocycles. The van der Waals surface area contributed by atoms with Crippen LogP contribution < -0.4 is 4.74 Å². The zero-order valence-corrected chi connectivity index (χ0v) is 14.8. The molecule has 26 heavy (non-hydrogen) atoms. The van der Waals surface area contributed by atoms with Gasteiger partial charge in [-0.2, -0.15) is 5.10 Å². The van der Waals surface area contributed by atoms with Crippen LogP contribution >= 0.6 is 0 Å². The van der Waals surface area contributed by atoms with Crippen molar-refractivity contribution in [2.75, 3.05) is 7.11 Å². The van der Waals surface area contributed by atoms with E-state index in [4.69, 9.17) is 9.47 Å². The Balaban J connectivity index is 1.82. The van der Waals surface area contributed by atoms with Crippen molar-refractivity contribution in [3.63, 3.8) is 0 Å². The largest absolute Gasteiger partial charge is 0.490 e. The summed E-state index contributed by atoms with van der Waals surface area (Å²) in [6, 6.07) is 17.6. The minimum absolute atomic E-state index is 0.277. The van der Waals surface area contributed by atoms with E-state index in [9.17, 15) is 4.79 Å². The monoisotopic (exact) mass is 348 g/mol. The number of hydrogen-bond acceptors (Lipinski definition) is 4. The molecule has 5 heteroatoms. The molecule has 1 fully saturated rings. The Morgan fingerprint density at radius 1 is 1.12 bits per heavy atom. The molecule has 1 saturated carbocycles. The van der Waals surface area contributed by atoms with Crippen molar-refractivity contribution in [1.82, 2.24) is 9.78 Å². The fourth-order valence-electron chi connectivity index (χ4n) is 2.88. The highest BCUT2D eigenvalue weighted by Gasteiger charge is 2.24. The van der Waals surface area contributed by atoms with Crippen LogP contribution in [0.15, 0.2) is 54.6 Å². The number of rotatable bonds is 5. The Kier molecular flexibility index (Phi) is 4.21. The molecule has 4 rings (SSSR count). The fourth-order valence-corrected chi connectivity index (χ4v) is 2.88. The molecule has 0 radical (unpaired) electrons. The van der Waals surface area contributed by atoms with E-state index in [1.165, 1.54) is 7.11 Å². The maximum atomic E-state index is 12.0. The Morgan fingerprint density at radius 2 is 1.92 bits per heavy atom. The summed E-state index contributed by atoms with van der Waals surface area (Å²) in [6.07, 6.45) is 2.55. The lowest BCUT2D eigenvalue weighted by molar-refractivity contribution is 0.0593. The number of ether oxygens (including phenoxy) is 2. The molecule has 3 aromatic rings. The average Bonchev–Trinajstić information content (AvgIpc) is 3.36. The molecule has 1 aliphatic rings. The minimum atomic E-state index is -0.455. The highest BCUT2D eigenvalue weighted by atomic mass is 16.5. The molecule has 0 amide bonds. The molecule has 1 heterocycles. The van der Waals surface area contributed by atoms with Gasteiger partial charge in [-0.1, -0.05) is 30.3 Å². The number of aromatic nitrogens is 2. The molecular formula is C21H20N2O3. The Labute approximate surface area is 152 Å². The number of nitrogens with zero attached hydrogens (tertiary/aromatic N) is 2. The van der Waals surface area contributed by atoms with Crippen molar-refractivity contribution in [2.45, 2.75) is 25.9 Å². The van der Waals surface area contributed by atoms with E-state index in [2.05, 4.69) is 5.10 Å². The number of hydrogen-bond donors (Lipinski definition) is 0. The number of carbonyl (C=O) groups excluding carboxylic acids is 1. The van der Waals surface area contributed by atoms with Gasteiger partial charge >= 0.3 is 5.97 Å². The number of para-hydroxylation sites is 1. The summed E-state index contributed by atoms with van der Waals surface area (Å²) in [6.45, 7) is 2.02. The van der Waals surface area contributed by atoms with E-state index < -0.39 is 5.97 Å². The van der Waals surface area contributed by atoms with Crippen LogP contribution in [-0.4, -0.2) is 29.0 Å². The van der Waals surface area contributed by atoms with Gasteiger partial charge in [0.25, 0.3) is 0 Å². The van der Waals surface area contributed by atoms with E-state index in [1.54, 1.807) is 10.7 Å². The van der Waals surface area contributed by atoms with Crippen LogP contribution in [0.1, 0.15) is 28.9 Å². The topological polar surface area (TPSA) is 53.4 Å². The Morgan fingerprint density at radius 3 is 2.65 bits per heavy atom. The summed E-state index contributed by atoms with van der Waals surface area (Å²) >= 11 is 0. The lowest BCUT2D eigenvalue weighted by atomic mass is 10.1. The van der Waals surface area contributed by atoms with Crippen molar-refractivity contribution in [1.29, 1.82) is 0 Å². The van der Waals surface area contributed by atoms with Crippen LogP contribution in [0.25, 0.3) is 16.9 Å². The normalized spacial score (nSPS) is 13.5. The first-order valence-corrected chi connectivity index (χ1v) is 8.67. The van der Waals surface area contributed by atoms with Crippen LogP contribution in [0.3, 0.4) is 0 Å². The second kappa shape index (κ2) is 6.67. The smallest absolute Gasteiger partial charge is 0.358 e. The van der Waals surface area contributed by atoms with Crippen molar-refractivity contribution in [2.24, 2.45) is 0 Å². The van der Waals surface area contributed by atoms with Gasteiger partial charge in [0.2, 0.25) is 0 Å². The molecule has 5 nitrogen and oxygen atoms in total. The highest BCUT2D eigenvalue weighted by molar-refractivity contribution is 5.89. The lowest BCUT2D eigenvalue weighted by Gasteiger charge is -2.11. The number of aryl methyl sites for hydroxylation is 1. The van der Waals surface area contributed by atoms with E-state index >= 15 is 0 Å². The number of esters is 1. The van der Waals surface area contributed by atoms with Gasteiger partial charge in [0.1, 0.15) is 5.75 Å². The molecule has 0 spiro atoms. The van der Waals surface area contributed by atoms with Gasteiger partial charge in [-0.25, -0.2) is 9.48 Å². The van der Waals surface area contributed by atoms with E-state index in [1.807, 2.05) is 55.5 Å². The summed E-state index contributed by atoms with van der Waals surface area (Å²) in [5.41, 5.74) is 4.03.